The number of hydrogen-bond acceptors (Lipinski definition) is 5. The molecule has 0 saturated carbocycles. The van der Waals surface area contributed by atoms with Crippen LogP contribution in [0.4, 0.5) is 0 Å². The van der Waals surface area contributed by atoms with Crippen LogP contribution >= 0.6 is 0 Å². The summed E-state index contributed by atoms with van der Waals surface area (Å²) < 4.78 is 6.64. The first-order valence-electron chi connectivity index (χ1n) is 6.83. The van der Waals surface area contributed by atoms with Crippen LogP contribution < -0.4 is 5.32 Å². The second-order valence-corrected chi connectivity index (χ2v) is 6.98. The molecule has 21 heavy (non-hydrogen) atoms. The van der Waals surface area contributed by atoms with Crippen molar-refractivity contribution in [2.24, 2.45) is 0 Å². The minimum Gasteiger partial charge on any atom is -0.455 e. The molecule has 118 valence electrons. The Morgan fingerprint density at radius 2 is 1.76 bits per heavy atom. The van der Waals surface area contributed by atoms with Gasteiger partial charge in [0.2, 0.25) is 5.91 Å². The maximum absolute atomic E-state index is 12.0. The molecule has 1 rings (SSSR count). The van der Waals surface area contributed by atoms with Crippen LogP contribution in [0.1, 0.15) is 57.7 Å². The molecule has 0 aliphatic heterocycles. The number of nitrogens with zero attached hydrogens (tertiary/aromatic N) is 3. The molecule has 1 aromatic rings. The molecule has 1 heterocycles. The second-order valence-electron chi connectivity index (χ2n) is 6.98. The Labute approximate surface area is 125 Å². The van der Waals surface area contributed by atoms with Gasteiger partial charge in [0.15, 0.2) is 5.69 Å². The fourth-order valence-electron chi connectivity index (χ4n) is 1.62. The van der Waals surface area contributed by atoms with Gasteiger partial charge in [-0.1, -0.05) is 5.21 Å². The molecule has 0 aromatic carbocycles. The Hall–Kier alpha value is -1.92. The average molecular weight is 296 g/mol. The summed E-state index contributed by atoms with van der Waals surface area (Å²) in [5.41, 5.74) is -0.280. The van der Waals surface area contributed by atoms with Crippen LogP contribution in [0.3, 0.4) is 0 Å². The standard InChI is InChI=1S/C14H24N4O3/c1-9-11(12(20)21-14(5,6)7)16-17-18(9)8-10(19)15-13(2,3)4/h8H2,1-7H3,(H,15,19). The SMILES string of the molecule is Cc1c(C(=O)OC(C)(C)C)nnn1CC(=O)NC(C)(C)C. The zero-order valence-corrected chi connectivity index (χ0v) is 13.8. The molecule has 0 unspecified atom stereocenters. The number of nitrogens with one attached hydrogen (secondary N) is 1. The van der Waals surface area contributed by atoms with E-state index in [-0.39, 0.29) is 23.7 Å². The van der Waals surface area contributed by atoms with Crippen LogP contribution in [0.25, 0.3) is 0 Å². The van der Waals surface area contributed by atoms with E-state index in [1.807, 2.05) is 20.8 Å². The van der Waals surface area contributed by atoms with Crippen molar-refractivity contribution < 1.29 is 14.3 Å². The van der Waals surface area contributed by atoms with Crippen molar-refractivity contribution in [3.8, 4) is 0 Å². The minimum absolute atomic E-state index is 0.0128. The van der Waals surface area contributed by atoms with E-state index < -0.39 is 11.6 Å². The third kappa shape index (κ3) is 5.53. The molecule has 7 heteroatoms. The van der Waals surface area contributed by atoms with Gasteiger partial charge in [0.25, 0.3) is 0 Å². The summed E-state index contributed by atoms with van der Waals surface area (Å²) in [5.74, 6) is -0.728. The second kappa shape index (κ2) is 5.83. The quantitative estimate of drug-likeness (QED) is 0.853. The van der Waals surface area contributed by atoms with E-state index >= 15 is 0 Å². The monoisotopic (exact) mass is 296 g/mol. The summed E-state index contributed by atoms with van der Waals surface area (Å²) >= 11 is 0. The van der Waals surface area contributed by atoms with Crippen LogP contribution in [-0.4, -0.2) is 38.0 Å². The molecule has 1 amide bonds. The molecule has 0 spiro atoms. The van der Waals surface area contributed by atoms with E-state index in [0.29, 0.717) is 5.69 Å². The number of esters is 1. The highest BCUT2D eigenvalue weighted by Crippen LogP contribution is 2.13. The van der Waals surface area contributed by atoms with Gasteiger partial charge in [-0.25, -0.2) is 9.48 Å². The van der Waals surface area contributed by atoms with E-state index in [1.165, 1.54) is 4.68 Å². The largest absolute Gasteiger partial charge is 0.455 e. The summed E-state index contributed by atoms with van der Waals surface area (Å²) in [4.78, 5) is 23.8. The van der Waals surface area contributed by atoms with Gasteiger partial charge in [0.1, 0.15) is 12.1 Å². The van der Waals surface area contributed by atoms with Crippen molar-refractivity contribution in [1.29, 1.82) is 0 Å². The van der Waals surface area contributed by atoms with Gasteiger partial charge in [-0.05, 0) is 48.5 Å². The van der Waals surface area contributed by atoms with Crippen molar-refractivity contribution in [2.45, 2.75) is 66.2 Å². The number of hydrogen-bond donors (Lipinski definition) is 1. The normalized spacial score (nSPS) is 12.1. The first-order chi connectivity index (χ1) is 9.39. The number of carbonyl (C=O) groups excluding carboxylic acids is 2. The number of rotatable bonds is 3. The number of aromatic nitrogens is 3. The summed E-state index contributed by atoms with van der Waals surface area (Å²) in [6, 6.07) is 0. The van der Waals surface area contributed by atoms with Crippen LogP contribution in [0.15, 0.2) is 0 Å². The average Bonchev–Trinajstić information content (AvgIpc) is 2.55. The Morgan fingerprint density at radius 3 is 2.24 bits per heavy atom. The molecule has 0 aliphatic rings. The van der Waals surface area contributed by atoms with Gasteiger partial charge in [0, 0.05) is 5.54 Å². The van der Waals surface area contributed by atoms with Gasteiger partial charge in [-0.15, -0.1) is 5.10 Å². The Kier molecular flexibility index (Phi) is 4.76. The third-order valence-corrected chi connectivity index (χ3v) is 2.38. The molecule has 0 aliphatic carbocycles. The molecular formula is C14H24N4O3. The Morgan fingerprint density at radius 1 is 1.19 bits per heavy atom. The van der Waals surface area contributed by atoms with Crippen molar-refractivity contribution in [1.82, 2.24) is 20.3 Å². The molecule has 0 fully saturated rings. The molecule has 0 bridgehead atoms. The summed E-state index contributed by atoms with van der Waals surface area (Å²) in [6.07, 6.45) is 0. The number of amides is 1. The van der Waals surface area contributed by atoms with E-state index in [0.717, 1.165) is 0 Å². The van der Waals surface area contributed by atoms with Crippen LogP contribution in [-0.2, 0) is 16.1 Å². The molecule has 7 nitrogen and oxygen atoms in total. The molecular weight excluding hydrogens is 272 g/mol. The van der Waals surface area contributed by atoms with Crippen molar-refractivity contribution in [2.75, 3.05) is 0 Å². The first kappa shape index (κ1) is 17.1. The van der Waals surface area contributed by atoms with E-state index in [1.54, 1.807) is 27.7 Å². The topological polar surface area (TPSA) is 86.1 Å². The lowest BCUT2D eigenvalue weighted by Gasteiger charge is -2.20. The maximum Gasteiger partial charge on any atom is 0.361 e. The van der Waals surface area contributed by atoms with Gasteiger partial charge in [0.05, 0.1) is 5.69 Å². The van der Waals surface area contributed by atoms with Crippen LogP contribution in [0, 0.1) is 6.92 Å². The third-order valence-electron chi connectivity index (χ3n) is 2.38. The first-order valence-corrected chi connectivity index (χ1v) is 6.83. The minimum atomic E-state index is -0.600. The van der Waals surface area contributed by atoms with Crippen molar-refractivity contribution in [3.63, 3.8) is 0 Å². The molecule has 0 saturated heterocycles. The van der Waals surface area contributed by atoms with Gasteiger partial charge >= 0.3 is 5.97 Å². The predicted octanol–water partition coefficient (Wildman–Crippen LogP) is 1.46. The summed E-state index contributed by atoms with van der Waals surface area (Å²) in [7, 11) is 0. The highest BCUT2D eigenvalue weighted by Gasteiger charge is 2.24. The fourth-order valence-corrected chi connectivity index (χ4v) is 1.62. The maximum atomic E-state index is 12.0. The number of carbonyl (C=O) groups is 2. The van der Waals surface area contributed by atoms with Gasteiger partial charge in [-0.3, -0.25) is 4.79 Å². The highest BCUT2D eigenvalue weighted by atomic mass is 16.6. The Bertz CT molecular complexity index is 535. The number of ether oxygens (including phenoxy) is 1. The summed E-state index contributed by atoms with van der Waals surface area (Å²) in [5, 5.41) is 10.5. The molecule has 0 atom stereocenters. The molecule has 1 N–H and O–H groups in total. The van der Waals surface area contributed by atoms with Crippen LogP contribution in [0.5, 0.6) is 0 Å². The Balaban J connectivity index is 2.81. The lowest BCUT2D eigenvalue weighted by molar-refractivity contribution is -0.123. The predicted molar refractivity (Wildman–Crippen MR) is 77.8 cm³/mol. The van der Waals surface area contributed by atoms with Crippen molar-refractivity contribution in [3.05, 3.63) is 11.4 Å². The molecule has 0 radical (unpaired) electrons. The lowest BCUT2D eigenvalue weighted by Crippen LogP contribution is -2.42. The van der Waals surface area contributed by atoms with Gasteiger partial charge in [-0.2, -0.15) is 0 Å². The fraction of sp³-hybridized carbons (Fsp3) is 0.714. The van der Waals surface area contributed by atoms with E-state index in [4.69, 9.17) is 4.74 Å². The van der Waals surface area contributed by atoms with Crippen LogP contribution in [0.2, 0.25) is 0 Å². The van der Waals surface area contributed by atoms with Crippen molar-refractivity contribution >= 4 is 11.9 Å². The summed E-state index contributed by atoms with van der Waals surface area (Å²) in [6.45, 7) is 12.7. The lowest BCUT2D eigenvalue weighted by atomic mass is 10.1. The highest BCUT2D eigenvalue weighted by molar-refractivity contribution is 5.88. The van der Waals surface area contributed by atoms with E-state index in [2.05, 4.69) is 15.6 Å². The zero-order valence-electron chi connectivity index (χ0n) is 13.8. The van der Waals surface area contributed by atoms with E-state index in [9.17, 15) is 9.59 Å². The molecule has 1 aromatic heterocycles. The zero-order chi connectivity index (χ0) is 16.4. The van der Waals surface area contributed by atoms with Gasteiger partial charge < -0.3 is 10.1 Å². The smallest absolute Gasteiger partial charge is 0.361 e.